The Kier molecular flexibility index (Phi) is 5.42. The zero-order chi connectivity index (χ0) is 21.5. The van der Waals surface area contributed by atoms with E-state index in [2.05, 4.69) is 0 Å². The Labute approximate surface area is 172 Å². The van der Waals surface area contributed by atoms with E-state index < -0.39 is 23.6 Å². The van der Waals surface area contributed by atoms with Crippen molar-refractivity contribution >= 4 is 19.0 Å². The first kappa shape index (κ1) is 20.6. The Balaban J connectivity index is 1.58. The van der Waals surface area contributed by atoms with Gasteiger partial charge in [0.2, 0.25) is 0 Å². The van der Waals surface area contributed by atoms with Gasteiger partial charge in [0.25, 0.3) is 11.4 Å². The van der Waals surface area contributed by atoms with Crippen LogP contribution in [0.4, 0.5) is 11.4 Å². The van der Waals surface area contributed by atoms with Crippen molar-refractivity contribution in [3.05, 3.63) is 79.4 Å². The normalized spacial score (nSPS) is 17.5. The van der Waals surface area contributed by atoms with Crippen molar-refractivity contribution in [3.63, 3.8) is 0 Å². The highest BCUT2D eigenvalue weighted by Gasteiger charge is 2.50. The second-order valence-corrected chi connectivity index (χ2v) is 9.71. The second kappa shape index (κ2) is 7.88. The van der Waals surface area contributed by atoms with Crippen molar-refractivity contribution in [3.8, 4) is 0 Å². The maximum absolute atomic E-state index is 13.2. The number of non-ortho nitro benzene ring substituents is 1. The van der Waals surface area contributed by atoms with Crippen LogP contribution in [0.3, 0.4) is 0 Å². The molecule has 2 aromatic rings. The third-order valence-electron chi connectivity index (χ3n) is 5.17. The summed E-state index contributed by atoms with van der Waals surface area (Å²) in [7, 11) is -3.02. The van der Waals surface area contributed by atoms with Crippen LogP contribution in [0.25, 0.3) is 0 Å². The Hall–Kier alpha value is -2.65. The predicted molar refractivity (Wildman–Crippen MR) is 109 cm³/mol. The number of hydrogen-bond donors (Lipinski definition) is 0. The van der Waals surface area contributed by atoms with Crippen molar-refractivity contribution in [2.24, 2.45) is 0 Å². The van der Waals surface area contributed by atoms with E-state index in [0.29, 0.717) is 16.7 Å². The molecular weight excluding hydrogens is 411 g/mol. The highest BCUT2D eigenvalue weighted by molar-refractivity contribution is 7.54. The topological polar surface area (TPSA) is 119 Å². The zero-order valence-electron chi connectivity index (χ0n) is 16.3. The molecule has 0 saturated carbocycles. The van der Waals surface area contributed by atoms with E-state index in [1.807, 2.05) is 9.34 Å². The van der Waals surface area contributed by atoms with Crippen molar-refractivity contribution < 1.29 is 18.9 Å². The van der Waals surface area contributed by atoms with Gasteiger partial charge >= 0.3 is 7.67 Å². The van der Waals surface area contributed by atoms with Crippen LogP contribution in [0.1, 0.15) is 29.7 Å². The van der Waals surface area contributed by atoms with Crippen molar-refractivity contribution in [2.45, 2.75) is 19.4 Å². The van der Waals surface area contributed by atoms with Gasteiger partial charge < -0.3 is 0 Å². The molecule has 0 radical (unpaired) electrons. The van der Waals surface area contributed by atoms with Crippen molar-refractivity contribution in [1.82, 2.24) is 9.34 Å². The van der Waals surface area contributed by atoms with E-state index in [0.717, 1.165) is 26.2 Å². The molecule has 2 aromatic carbocycles. The summed E-state index contributed by atoms with van der Waals surface area (Å²) >= 11 is 0. The molecule has 0 aromatic heterocycles. The number of nitro benzene ring substituents is 2. The first-order chi connectivity index (χ1) is 14.3. The molecule has 0 N–H and O–H groups in total. The number of nitrogens with zero attached hydrogens (tertiary/aromatic N) is 4. The lowest BCUT2D eigenvalue weighted by molar-refractivity contribution is -0.385. The van der Waals surface area contributed by atoms with E-state index in [9.17, 15) is 24.8 Å². The van der Waals surface area contributed by atoms with E-state index in [-0.39, 0.29) is 17.8 Å². The van der Waals surface area contributed by atoms with Crippen molar-refractivity contribution in [2.75, 3.05) is 26.2 Å². The molecule has 0 aliphatic carbocycles. The minimum atomic E-state index is -3.02. The number of benzene rings is 2. The summed E-state index contributed by atoms with van der Waals surface area (Å²) in [6, 6.07) is 10.7. The first-order valence-corrected chi connectivity index (χ1v) is 11.1. The quantitative estimate of drug-likeness (QED) is 0.253. The largest absolute Gasteiger partial charge is 0.346 e. The average molecular weight is 432 g/mol. The van der Waals surface area contributed by atoms with Crippen LogP contribution >= 0.6 is 7.67 Å². The second-order valence-electron chi connectivity index (χ2n) is 7.39. The van der Waals surface area contributed by atoms with Crippen LogP contribution in [0.2, 0.25) is 0 Å². The Bertz CT molecular complexity index is 1020. The number of rotatable bonds is 9. The summed E-state index contributed by atoms with van der Waals surface area (Å²) in [5.41, 5.74) is 1.80. The highest BCUT2D eigenvalue weighted by Crippen LogP contribution is 2.63. The molecular formula is C19H21N4O6P. The van der Waals surface area contributed by atoms with Crippen LogP contribution in [-0.4, -0.2) is 45.4 Å². The minimum absolute atomic E-state index is 0.0371. The molecule has 1 unspecified atom stereocenters. The molecule has 2 heterocycles. The van der Waals surface area contributed by atoms with Gasteiger partial charge in [0.05, 0.1) is 16.0 Å². The summed E-state index contributed by atoms with van der Waals surface area (Å²) in [5, 5.41) is 22.3. The van der Waals surface area contributed by atoms with E-state index in [4.69, 9.17) is 4.52 Å². The number of hydrogen-bond acceptors (Lipinski definition) is 6. The minimum Gasteiger partial charge on any atom is -0.298 e. The summed E-state index contributed by atoms with van der Waals surface area (Å²) in [5.74, 6) is 0. The molecule has 2 fully saturated rings. The highest BCUT2D eigenvalue weighted by atomic mass is 31.2. The summed E-state index contributed by atoms with van der Waals surface area (Å²) < 4.78 is 22.8. The standard InChI is InChI=1S/C19H21N4O6P/c1-14(29-30(28,20-8-9-20)21-10-11-21)16-4-7-19(23(26)27)17(13-16)12-15-2-5-18(6-3-15)22(24)25/h2-7,13-14H,8-12H2,1H3. The van der Waals surface area contributed by atoms with Gasteiger partial charge in [0, 0.05) is 56.4 Å². The van der Waals surface area contributed by atoms with Crippen LogP contribution in [0, 0.1) is 20.2 Å². The lowest BCUT2D eigenvalue weighted by Crippen LogP contribution is -2.11. The molecule has 4 rings (SSSR count). The summed E-state index contributed by atoms with van der Waals surface area (Å²) in [6.07, 6.45) is -0.265. The molecule has 2 aliphatic rings. The van der Waals surface area contributed by atoms with Gasteiger partial charge in [-0.1, -0.05) is 12.1 Å². The molecule has 0 amide bonds. The van der Waals surface area contributed by atoms with Gasteiger partial charge in [-0.15, -0.1) is 0 Å². The monoisotopic (exact) mass is 432 g/mol. The van der Waals surface area contributed by atoms with E-state index in [1.54, 1.807) is 31.2 Å². The molecule has 10 nitrogen and oxygen atoms in total. The summed E-state index contributed by atoms with van der Waals surface area (Å²) in [6.45, 7) is 4.76. The van der Waals surface area contributed by atoms with Crippen molar-refractivity contribution in [1.29, 1.82) is 0 Å². The van der Waals surface area contributed by atoms with Gasteiger partial charge in [-0.3, -0.25) is 29.3 Å². The number of nitro groups is 2. The first-order valence-electron chi connectivity index (χ1n) is 9.58. The molecule has 30 heavy (non-hydrogen) atoms. The van der Waals surface area contributed by atoms with Gasteiger partial charge in [-0.2, -0.15) is 0 Å². The molecule has 11 heteroatoms. The smallest absolute Gasteiger partial charge is 0.298 e. The fourth-order valence-electron chi connectivity index (χ4n) is 3.31. The fraction of sp³-hybridized carbons (Fsp3) is 0.368. The van der Waals surface area contributed by atoms with E-state index in [1.165, 1.54) is 18.2 Å². The Morgan fingerprint density at radius 2 is 1.60 bits per heavy atom. The van der Waals surface area contributed by atoms with E-state index >= 15 is 0 Å². The van der Waals surface area contributed by atoms with Gasteiger partial charge in [-0.25, -0.2) is 9.34 Å². The van der Waals surface area contributed by atoms with Crippen LogP contribution in [0.5, 0.6) is 0 Å². The van der Waals surface area contributed by atoms with Gasteiger partial charge in [0.15, 0.2) is 0 Å². The predicted octanol–water partition coefficient (Wildman–Crippen LogP) is 3.91. The zero-order valence-corrected chi connectivity index (χ0v) is 17.2. The third kappa shape index (κ3) is 4.27. The maximum Gasteiger partial charge on any atom is 0.346 e. The van der Waals surface area contributed by atoms with Gasteiger partial charge in [0.1, 0.15) is 0 Å². The lowest BCUT2D eigenvalue weighted by atomic mass is 9.99. The van der Waals surface area contributed by atoms with Gasteiger partial charge in [-0.05, 0) is 30.2 Å². The third-order valence-corrected chi connectivity index (χ3v) is 7.99. The average Bonchev–Trinajstić information content (AvgIpc) is 3.59. The lowest BCUT2D eigenvalue weighted by Gasteiger charge is -2.24. The maximum atomic E-state index is 13.2. The Morgan fingerprint density at radius 3 is 2.10 bits per heavy atom. The van der Waals surface area contributed by atoms with Crippen LogP contribution in [-0.2, 0) is 15.5 Å². The SMILES string of the molecule is CC(OP(=O)(N1CC1)N1CC1)c1ccc([N+](=O)[O-])c(Cc2ccc([N+](=O)[O-])cc2)c1. The molecule has 1 atom stereocenters. The molecule has 2 aliphatic heterocycles. The Morgan fingerprint density at radius 1 is 1.00 bits per heavy atom. The molecule has 158 valence electrons. The molecule has 0 bridgehead atoms. The molecule has 0 spiro atoms. The summed E-state index contributed by atoms with van der Waals surface area (Å²) in [4.78, 5) is 21.4. The van der Waals surface area contributed by atoms with Crippen LogP contribution < -0.4 is 0 Å². The molecule has 2 saturated heterocycles. The fourth-order valence-corrected chi connectivity index (χ4v) is 5.66. The van der Waals surface area contributed by atoms with Crippen LogP contribution in [0.15, 0.2) is 42.5 Å².